The lowest BCUT2D eigenvalue weighted by atomic mass is 10.2. The number of ether oxygens (including phenoxy) is 2. The van der Waals surface area contributed by atoms with Crippen LogP contribution in [0.25, 0.3) is 0 Å². The van der Waals surface area contributed by atoms with Gasteiger partial charge in [0, 0.05) is 7.05 Å². The molecule has 0 aliphatic carbocycles. The van der Waals surface area contributed by atoms with E-state index in [1.807, 2.05) is 37.3 Å². The van der Waals surface area contributed by atoms with Crippen molar-refractivity contribution in [2.75, 3.05) is 19.0 Å². The first-order valence-electron chi connectivity index (χ1n) is 9.49. The molecule has 0 saturated carbocycles. The third kappa shape index (κ3) is 6.56. The molecule has 1 heterocycles. The molecule has 0 spiro atoms. The minimum Gasteiger partial charge on any atom is -0.490 e. The minimum absolute atomic E-state index is 0.0298. The maximum absolute atomic E-state index is 12.6. The zero-order valence-corrected chi connectivity index (χ0v) is 18.9. The smallest absolute Gasteiger partial charge is 0.316 e. The maximum Gasteiger partial charge on any atom is 0.316 e. The number of thioether (sulfide) groups is 1. The van der Waals surface area contributed by atoms with Crippen LogP contribution in [0.5, 0.6) is 5.75 Å². The van der Waals surface area contributed by atoms with Crippen molar-refractivity contribution in [3.05, 3.63) is 66.0 Å². The van der Waals surface area contributed by atoms with E-state index in [2.05, 4.69) is 10.2 Å². The zero-order valence-electron chi connectivity index (χ0n) is 17.2. The highest BCUT2D eigenvalue weighted by Crippen LogP contribution is 2.20. The first-order chi connectivity index (χ1) is 14.8. The summed E-state index contributed by atoms with van der Waals surface area (Å²) in [6.45, 7) is 2.28. The normalized spacial score (nSPS) is 11.3. The Balaban J connectivity index is 1.47. The summed E-state index contributed by atoms with van der Waals surface area (Å²) < 4.78 is 37.4. The van der Waals surface area contributed by atoms with Crippen LogP contribution in [0.2, 0.25) is 0 Å². The molecular weight excluding hydrogens is 438 g/mol. The average molecular weight is 462 g/mol. The van der Waals surface area contributed by atoms with Gasteiger partial charge < -0.3 is 14.0 Å². The van der Waals surface area contributed by atoms with Gasteiger partial charge in [-0.05, 0) is 31.2 Å². The number of hydrogen-bond acceptors (Lipinski definition) is 8. The minimum atomic E-state index is -3.55. The number of esters is 1. The van der Waals surface area contributed by atoms with Gasteiger partial charge in [-0.3, -0.25) is 4.79 Å². The van der Waals surface area contributed by atoms with Crippen molar-refractivity contribution in [1.82, 2.24) is 14.8 Å². The predicted molar refractivity (Wildman–Crippen MR) is 117 cm³/mol. The summed E-state index contributed by atoms with van der Waals surface area (Å²) in [4.78, 5) is 12.2. The molecule has 0 amide bonds. The number of aromatic nitrogens is 3. The van der Waals surface area contributed by atoms with E-state index in [0.29, 0.717) is 16.7 Å². The van der Waals surface area contributed by atoms with Gasteiger partial charge in [0.1, 0.15) is 30.5 Å². The van der Waals surface area contributed by atoms with E-state index in [1.165, 1.54) is 0 Å². The van der Waals surface area contributed by atoms with Gasteiger partial charge in [-0.2, -0.15) is 0 Å². The Morgan fingerprint density at radius 2 is 1.74 bits per heavy atom. The van der Waals surface area contributed by atoms with Gasteiger partial charge in [-0.25, -0.2) is 8.42 Å². The summed E-state index contributed by atoms with van der Waals surface area (Å²) in [5.41, 5.74) is 0.981. The highest BCUT2D eigenvalue weighted by atomic mass is 32.2. The topological polar surface area (TPSA) is 100 Å². The number of carbonyl (C=O) groups is 1. The van der Waals surface area contributed by atoms with Gasteiger partial charge in [0.2, 0.25) is 0 Å². The highest BCUT2D eigenvalue weighted by molar-refractivity contribution is 7.99. The molecule has 0 fully saturated rings. The molecule has 3 rings (SSSR count). The van der Waals surface area contributed by atoms with Crippen molar-refractivity contribution < 1.29 is 22.7 Å². The number of para-hydroxylation sites is 1. The van der Waals surface area contributed by atoms with Gasteiger partial charge in [0.15, 0.2) is 15.0 Å². The maximum atomic E-state index is 12.6. The van der Waals surface area contributed by atoms with E-state index < -0.39 is 15.8 Å². The number of benzene rings is 2. The second-order valence-electron chi connectivity index (χ2n) is 6.70. The van der Waals surface area contributed by atoms with Crippen LogP contribution in [0.3, 0.4) is 0 Å². The Morgan fingerprint density at radius 1 is 1.03 bits per heavy atom. The molecule has 3 aromatic rings. The van der Waals surface area contributed by atoms with Crippen LogP contribution >= 0.6 is 11.8 Å². The van der Waals surface area contributed by atoms with Crippen molar-refractivity contribution in [3.8, 4) is 5.75 Å². The van der Waals surface area contributed by atoms with Crippen molar-refractivity contribution in [2.24, 2.45) is 7.05 Å². The number of hydrogen-bond donors (Lipinski definition) is 0. The Morgan fingerprint density at radius 3 is 2.45 bits per heavy atom. The molecule has 0 atom stereocenters. The van der Waals surface area contributed by atoms with Crippen molar-refractivity contribution in [1.29, 1.82) is 0 Å². The van der Waals surface area contributed by atoms with Crippen LogP contribution in [-0.2, 0) is 32.2 Å². The molecule has 0 unspecified atom stereocenters. The van der Waals surface area contributed by atoms with Crippen LogP contribution in [0.4, 0.5) is 0 Å². The van der Waals surface area contributed by atoms with Crippen molar-refractivity contribution >= 4 is 27.6 Å². The first-order valence-corrected chi connectivity index (χ1v) is 12.1. The van der Waals surface area contributed by atoms with Gasteiger partial charge in [0.05, 0.1) is 10.6 Å². The lowest BCUT2D eigenvalue weighted by Crippen LogP contribution is -2.14. The molecule has 0 aliphatic heterocycles. The number of carbonyl (C=O) groups excluding carboxylic acids is 1. The van der Waals surface area contributed by atoms with Gasteiger partial charge >= 0.3 is 5.97 Å². The summed E-state index contributed by atoms with van der Waals surface area (Å²) in [6, 6.07) is 15.9. The average Bonchev–Trinajstić information content (AvgIpc) is 3.09. The molecule has 0 N–H and O–H groups in total. The SMILES string of the molecule is Cc1ccc(S(=O)(=O)Cc2nnc(SCC(=O)OCCOc3ccccc3)n2C)cc1. The predicted octanol–water partition coefficient (Wildman–Crippen LogP) is 2.81. The quantitative estimate of drug-likeness (QED) is 0.258. The monoisotopic (exact) mass is 461 g/mol. The lowest BCUT2D eigenvalue weighted by Gasteiger charge is -2.07. The molecule has 2 aromatic carbocycles. The van der Waals surface area contributed by atoms with Gasteiger partial charge in [-0.15, -0.1) is 10.2 Å². The molecule has 10 heteroatoms. The van der Waals surface area contributed by atoms with Crippen LogP contribution in [0.1, 0.15) is 11.4 Å². The molecule has 1 aromatic heterocycles. The molecule has 0 saturated heterocycles. The first kappa shape index (κ1) is 22.8. The van der Waals surface area contributed by atoms with E-state index in [0.717, 1.165) is 17.3 Å². The second-order valence-corrected chi connectivity index (χ2v) is 9.63. The Hall–Kier alpha value is -2.85. The fraction of sp³-hybridized carbons (Fsp3) is 0.286. The molecule has 8 nitrogen and oxygen atoms in total. The number of nitrogens with zero attached hydrogens (tertiary/aromatic N) is 3. The Kier molecular flexibility index (Phi) is 7.69. The second kappa shape index (κ2) is 10.5. The van der Waals surface area contributed by atoms with E-state index in [9.17, 15) is 13.2 Å². The molecular formula is C21H23N3O5S2. The number of rotatable bonds is 10. The van der Waals surface area contributed by atoms with Crippen LogP contribution in [0, 0.1) is 6.92 Å². The highest BCUT2D eigenvalue weighted by Gasteiger charge is 2.20. The third-order valence-corrected chi connectivity index (χ3v) is 6.92. The summed E-state index contributed by atoms with van der Waals surface area (Å²) in [5, 5.41) is 8.40. The fourth-order valence-corrected chi connectivity index (χ4v) is 4.63. The summed E-state index contributed by atoms with van der Waals surface area (Å²) >= 11 is 1.13. The number of sulfone groups is 1. The van der Waals surface area contributed by atoms with Crippen LogP contribution in [-0.4, -0.2) is 48.1 Å². The van der Waals surface area contributed by atoms with E-state index in [-0.39, 0.29) is 29.6 Å². The van der Waals surface area contributed by atoms with Crippen LogP contribution < -0.4 is 4.74 Å². The standard InChI is InChI=1S/C21H23N3O5S2/c1-16-8-10-18(11-9-16)31(26,27)15-19-22-23-21(24(19)2)30-14-20(25)29-13-12-28-17-6-4-3-5-7-17/h3-11H,12-15H2,1-2H3. The van der Waals surface area contributed by atoms with Crippen LogP contribution in [0.15, 0.2) is 64.6 Å². The van der Waals surface area contributed by atoms with E-state index in [4.69, 9.17) is 9.47 Å². The molecule has 0 aliphatic rings. The van der Waals surface area contributed by atoms with Crippen molar-refractivity contribution in [3.63, 3.8) is 0 Å². The Labute approximate surface area is 185 Å². The summed E-state index contributed by atoms with van der Waals surface area (Å²) in [5.74, 6) is 0.343. The zero-order chi connectivity index (χ0) is 22.3. The third-order valence-electron chi connectivity index (χ3n) is 4.30. The lowest BCUT2D eigenvalue weighted by molar-refractivity contribution is -0.141. The van der Waals surface area contributed by atoms with E-state index in [1.54, 1.807) is 35.9 Å². The molecule has 0 bridgehead atoms. The Bertz CT molecular complexity index is 1110. The number of aryl methyl sites for hydroxylation is 1. The fourth-order valence-electron chi connectivity index (χ4n) is 2.59. The largest absolute Gasteiger partial charge is 0.490 e. The summed E-state index contributed by atoms with van der Waals surface area (Å²) in [6.07, 6.45) is 0. The summed E-state index contributed by atoms with van der Waals surface area (Å²) in [7, 11) is -1.88. The van der Waals surface area contributed by atoms with Crippen molar-refractivity contribution in [2.45, 2.75) is 22.7 Å². The van der Waals surface area contributed by atoms with Gasteiger partial charge in [0.25, 0.3) is 0 Å². The van der Waals surface area contributed by atoms with Gasteiger partial charge in [-0.1, -0.05) is 47.7 Å². The molecule has 31 heavy (non-hydrogen) atoms. The molecule has 0 radical (unpaired) electrons. The molecule has 164 valence electrons. The van der Waals surface area contributed by atoms with E-state index >= 15 is 0 Å².